The van der Waals surface area contributed by atoms with Gasteiger partial charge < -0.3 is 19.9 Å². The van der Waals surface area contributed by atoms with E-state index in [1.54, 1.807) is 39.8 Å². The number of ether oxygens (including phenoxy) is 2. The second-order valence-corrected chi connectivity index (χ2v) is 12.1. The number of aliphatic hydroxyl groups excluding tert-OH is 1. The van der Waals surface area contributed by atoms with Gasteiger partial charge in [-0.15, -0.1) is 0 Å². The summed E-state index contributed by atoms with van der Waals surface area (Å²) in [6, 6.07) is 15.0. The Morgan fingerprint density at radius 3 is 2.30 bits per heavy atom. The maximum absolute atomic E-state index is 13.5. The van der Waals surface area contributed by atoms with Gasteiger partial charge in [0.2, 0.25) is 0 Å². The largest absolute Gasteiger partial charge is 0.489 e. The number of nitrogens with zero attached hydrogens (tertiary/aromatic N) is 1. The van der Waals surface area contributed by atoms with Crippen LogP contribution in [-0.2, 0) is 26.2 Å². The van der Waals surface area contributed by atoms with Gasteiger partial charge in [-0.3, -0.25) is 4.84 Å². The Bertz CT molecular complexity index is 1100. The Balaban J connectivity index is 1.70. The predicted molar refractivity (Wildman–Crippen MR) is 139 cm³/mol. The van der Waals surface area contributed by atoms with Crippen LogP contribution in [0.2, 0.25) is 0 Å². The average Bonchev–Trinajstić information content (AvgIpc) is 3.35. The van der Waals surface area contributed by atoms with E-state index in [9.17, 15) is 18.3 Å². The van der Waals surface area contributed by atoms with Crippen molar-refractivity contribution in [1.29, 1.82) is 0 Å². The number of aliphatic hydroxyl groups is 1. The van der Waals surface area contributed by atoms with Crippen LogP contribution in [0.4, 0.5) is 4.79 Å². The number of carbonyl (C=O) groups excluding carboxylic acids is 1. The van der Waals surface area contributed by atoms with Crippen LogP contribution in [0.25, 0.3) is 0 Å². The summed E-state index contributed by atoms with van der Waals surface area (Å²) in [5.41, 5.74) is 0.297. The van der Waals surface area contributed by atoms with Crippen molar-refractivity contribution in [2.75, 3.05) is 6.54 Å². The molecule has 0 aliphatic heterocycles. The van der Waals surface area contributed by atoms with E-state index in [4.69, 9.17) is 14.3 Å². The fourth-order valence-corrected chi connectivity index (χ4v) is 5.12. The molecule has 0 bridgehead atoms. The van der Waals surface area contributed by atoms with Crippen molar-refractivity contribution in [3.05, 3.63) is 60.2 Å². The molecule has 2 atom stereocenters. The highest BCUT2D eigenvalue weighted by molar-refractivity contribution is 7.89. The molecule has 2 aromatic rings. The van der Waals surface area contributed by atoms with Gasteiger partial charge in [-0.25, -0.2) is 13.2 Å². The maximum atomic E-state index is 13.5. The molecular weight excluding hydrogens is 496 g/mol. The SMILES string of the molecule is C[C@H](NC(=O)OC(C)(C)C)[C@@H](O)CN(OC1CCCC1)S(=O)(=O)c1ccc(OCc2ccccc2)cc1. The topological polar surface area (TPSA) is 114 Å². The zero-order chi connectivity index (χ0) is 27.1. The molecular formula is C27H38N2O7S. The number of nitrogens with one attached hydrogen (secondary N) is 1. The minimum absolute atomic E-state index is 0.0116. The normalized spacial score (nSPS) is 16.4. The highest BCUT2D eigenvalue weighted by Gasteiger charge is 2.33. The summed E-state index contributed by atoms with van der Waals surface area (Å²) in [5.74, 6) is 0.529. The van der Waals surface area contributed by atoms with E-state index in [2.05, 4.69) is 5.32 Å². The van der Waals surface area contributed by atoms with E-state index in [-0.39, 0.29) is 17.5 Å². The smallest absolute Gasteiger partial charge is 0.407 e. The second kappa shape index (κ2) is 12.7. The van der Waals surface area contributed by atoms with E-state index in [1.807, 2.05) is 30.3 Å². The second-order valence-electron chi connectivity index (χ2n) is 10.3. The molecule has 0 aromatic heterocycles. The summed E-state index contributed by atoms with van der Waals surface area (Å²) in [4.78, 5) is 18.0. The lowest BCUT2D eigenvalue weighted by Gasteiger charge is -2.29. The van der Waals surface area contributed by atoms with Crippen molar-refractivity contribution in [2.24, 2.45) is 0 Å². The van der Waals surface area contributed by atoms with Gasteiger partial charge in [0.1, 0.15) is 18.0 Å². The fourth-order valence-electron chi connectivity index (χ4n) is 3.82. The van der Waals surface area contributed by atoms with Gasteiger partial charge in [0.05, 0.1) is 29.7 Å². The zero-order valence-electron chi connectivity index (χ0n) is 21.9. The Kier molecular flexibility index (Phi) is 9.94. The first-order valence-corrected chi connectivity index (χ1v) is 14.0. The number of rotatable bonds is 11. The van der Waals surface area contributed by atoms with Crippen molar-refractivity contribution >= 4 is 16.1 Å². The van der Waals surface area contributed by atoms with Crippen molar-refractivity contribution in [3.63, 3.8) is 0 Å². The summed E-state index contributed by atoms with van der Waals surface area (Å²) in [6.45, 7) is 6.77. The standard InChI is InChI=1S/C27H38N2O7S/c1-20(28-26(31)35-27(2,3)4)25(30)18-29(36-23-12-8-9-13-23)37(32,33)24-16-14-22(15-17-24)34-19-21-10-6-5-7-11-21/h5-7,10-11,14-17,20,23,25,30H,8-9,12-13,18-19H2,1-4H3,(H,28,31)/t20-,25-/m0/s1. The van der Waals surface area contributed by atoms with Gasteiger partial charge in [-0.1, -0.05) is 47.6 Å². The molecule has 1 amide bonds. The van der Waals surface area contributed by atoms with E-state index >= 15 is 0 Å². The minimum atomic E-state index is -4.11. The van der Waals surface area contributed by atoms with Crippen LogP contribution in [-0.4, -0.2) is 54.5 Å². The van der Waals surface area contributed by atoms with Gasteiger partial charge in [-0.2, -0.15) is 0 Å². The third kappa shape index (κ3) is 8.99. The third-order valence-electron chi connectivity index (χ3n) is 5.86. The fraction of sp³-hybridized carbons (Fsp3) is 0.519. The first-order valence-electron chi connectivity index (χ1n) is 12.6. The molecule has 204 valence electrons. The van der Waals surface area contributed by atoms with Crippen LogP contribution in [0.15, 0.2) is 59.5 Å². The number of carbonyl (C=O) groups is 1. The van der Waals surface area contributed by atoms with Gasteiger partial charge in [-0.05, 0) is 70.4 Å². The van der Waals surface area contributed by atoms with Crippen LogP contribution in [0, 0.1) is 0 Å². The number of alkyl carbamates (subject to hydrolysis) is 1. The van der Waals surface area contributed by atoms with Gasteiger partial charge in [0, 0.05) is 0 Å². The van der Waals surface area contributed by atoms with E-state index in [0.717, 1.165) is 35.7 Å². The van der Waals surface area contributed by atoms with Gasteiger partial charge in [0.15, 0.2) is 0 Å². The van der Waals surface area contributed by atoms with Crippen LogP contribution >= 0.6 is 0 Å². The molecule has 9 nitrogen and oxygen atoms in total. The lowest BCUT2D eigenvalue weighted by atomic mass is 10.2. The molecule has 37 heavy (non-hydrogen) atoms. The quantitative estimate of drug-likeness (QED) is 0.411. The van der Waals surface area contributed by atoms with E-state index < -0.39 is 33.9 Å². The Morgan fingerprint density at radius 2 is 1.70 bits per heavy atom. The van der Waals surface area contributed by atoms with Gasteiger partial charge in [0.25, 0.3) is 10.0 Å². The Labute approximate surface area is 219 Å². The molecule has 0 saturated heterocycles. The first-order chi connectivity index (χ1) is 17.4. The summed E-state index contributed by atoms with van der Waals surface area (Å²) < 4.78 is 38.9. The highest BCUT2D eigenvalue weighted by Crippen LogP contribution is 2.27. The summed E-state index contributed by atoms with van der Waals surface area (Å²) in [7, 11) is -4.11. The van der Waals surface area contributed by atoms with Gasteiger partial charge >= 0.3 is 6.09 Å². The summed E-state index contributed by atoms with van der Waals surface area (Å²) in [6.07, 6.45) is 1.18. The van der Waals surface area contributed by atoms with Crippen LogP contribution in [0.1, 0.15) is 58.9 Å². The molecule has 1 saturated carbocycles. The third-order valence-corrected chi connectivity index (χ3v) is 7.50. The highest BCUT2D eigenvalue weighted by atomic mass is 32.2. The Morgan fingerprint density at radius 1 is 1.08 bits per heavy atom. The molecule has 0 radical (unpaired) electrons. The number of sulfonamides is 1. The molecule has 1 aliphatic carbocycles. The average molecular weight is 535 g/mol. The summed E-state index contributed by atoms with van der Waals surface area (Å²) >= 11 is 0. The lowest BCUT2D eigenvalue weighted by molar-refractivity contribution is -0.145. The lowest BCUT2D eigenvalue weighted by Crippen LogP contribution is -2.49. The van der Waals surface area contributed by atoms with E-state index in [1.165, 1.54) is 12.1 Å². The maximum Gasteiger partial charge on any atom is 0.407 e. The summed E-state index contributed by atoms with van der Waals surface area (Å²) in [5, 5.41) is 13.3. The number of hydroxylamine groups is 1. The molecule has 10 heteroatoms. The van der Waals surface area contributed by atoms with Crippen LogP contribution < -0.4 is 10.1 Å². The first kappa shape index (κ1) is 28.9. The molecule has 0 heterocycles. The van der Waals surface area contributed by atoms with Crippen molar-refractivity contribution < 1.29 is 32.6 Å². The number of hydrogen-bond acceptors (Lipinski definition) is 7. The Hall–Kier alpha value is -2.66. The monoisotopic (exact) mass is 534 g/mol. The van der Waals surface area contributed by atoms with Crippen molar-refractivity contribution in [2.45, 2.75) is 88.7 Å². The number of hydrogen-bond donors (Lipinski definition) is 2. The molecule has 0 spiro atoms. The molecule has 2 aromatic carbocycles. The molecule has 3 rings (SSSR count). The van der Waals surface area contributed by atoms with Crippen LogP contribution in [0.5, 0.6) is 5.75 Å². The molecule has 1 fully saturated rings. The molecule has 1 aliphatic rings. The zero-order valence-corrected chi connectivity index (χ0v) is 22.7. The number of benzene rings is 2. The minimum Gasteiger partial charge on any atom is -0.489 e. The molecule has 2 N–H and O–H groups in total. The van der Waals surface area contributed by atoms with Crippen LogP contribution in [0.3, 0.4) is 0 Å². The number of amides is 1. The predicted octanol–water partition coefficient (Wildman–Crippen LogP) is 4.40. The van der Waals surface area contributed by atoms with Crippen molar-refractivity contribution in [1.82, 2.24) is 9.79 Å². The van der Waals surface area contributed by atoms with E-state index in [0.29, 0.717) is 12.4 Å². The molecule has 0 unspecified atom stereocenters. The van der Waals surface area contributed by atoms with Crippen molar-refractivity contribution in [3.8, 4) is 5.75 Å².